The lowest BCUT2D eigenvalue weighted by atomic mass is 10.3. The van der Waals surface area contributed by atoms with E-state index in [1.807, 2.05) is 6.92 Å². The lowest BCUT2D eigenvalue weighted by Crippen LogP contribution is -2.31. The molecule has 0 aromatic carbocycles. The molecule has 0 bridgehead atoms. The molecule has 5 heteroatoms. The van der Waals surface area contributed by atoms with E-state index >= 15 is 0 Å². The first-order valence-corrected chi connectivity index (χ1v) is 5.59. The second-order valence-electron chi connectivity index (χ2n) is 3.47. The number of pyridine rings is 1. The first-order valence-electron chi connectivity index (χ1n) is 5.59. The maximum atomic E-state index is 11.5. The summed E-state index contributed by atoms with van der Waals surface area (Å²) in [6.45, 7) is 2.28. The van der Waals surface area contributed by atoms with Gasteiger partial charge in [0, 0.05) is 6.20 Å². The van der Waals surface area contributed by atoms with Crippen molar-refractivity contribution >= 4 is 11.9 Å². The molecule has 5 nitrogen and oxygen atoms in total. The number of carbonyl (C=O) groups is 2. The van der Waals surface area contributed by atoms with Gasteiger partial charge in [0.1, 0.15) is 12.2 Å². The van der Waals surface area contributed by atoms with Gasteiger partial charge in [-0.05, 0) is 18.6 Å². The van der Waals surface area contributed by atoms with E-state index in [0.717, 1.165) is 12.8 Å². The van der Waals surface area contributed by atoms with Crippen molar-refractivity contribution in [3.05, 3.63) is 30.1 Å². The Hall–Kier alpha value is -1.91. The van der Waals surface area contributed by atoms with Crippen molar-refractivity contribution in [2.24, 2.45) is 0 Å². The summed E-state index contributed by atoms with van der Waals surface area (Å²) in [7, 11) is 0. The van der Waals surface area contributed by atoms with Crippen molar-refractivity contribution in [2.75, 3.05) is 13.2 Å². The first kappa shape index (κ1) is 13.2. The summed E-state index contributed by atoms with van der Waals surface area (Å²) < 4.78 is 4.89. The molecule has 1 amide bonds. The number of nitrogens with zero attached hydrogens (tertiary/aromatic N) is 1. The van der Waals surface area contributed by atoms with Crippen LogP contribution in [0, 0.1) is 0 Å². The molecule has 0 saturated carbocycles. The van der Waals surface area contributed by atoms with Crippen molar-refractivity contribution in [2.45, 2.75) is 19.8 Å². The molecule has 1 N–H and O–H groups in total. The minimum Gasteiger partial charge on any atom is -0.464 e. The molecular formula is C12H16N2O3. The van der Waals surface area contributed by atoms with Gasteiger partial charge in [0.2, 0.25) is 0 Å². The van der Waals surface area contributed by atoms with Crippen LogP contribution in [-0.4, -0.2) is 30.0 Å². The van der Waals surface area contributed by atoms with E-state index in [1.54, 1.807) is 18.2 Å². The molecule has 0 radical (unpaired) electrons. The molecule has 0 fully saturated rings. The largest absolute Gasteiger partial charge is 0.464 e. The Morgan fingerprint density at radius 2 is 2.24 bits per heavy atom. The van der Waals surface area contributed by atoms with Crippen LogP contribution in [-0.2, 0) is 9.53 Å². The van der Waals surface area contributed by atoms with Crippen LogP contribution in [0.4, 0.5) is 0 Å². The number of esters is 1. The smallest absolute Gasteiger partial charge is 0.325 e. The summed E-state index contributed by atoms with van der Waals surface area (Å²) in [6.07, 6.45) is 3.32. The first-order chi connectivity index (χ1) is 8.24. The maximum absolute atomic E-state index is 11.5. The lowest BCUT2D eigenvalue weighted by Gasteiger charge is -2.05. The van der Waals surface area contributed by atoms with E-state index in [0.29, 0.717) is 6.61 Å². The summed E-state index contributed by atoms with van der Waals surface area (Å²) in [6, 6.07) is 5.01. The van der Waals surface area contributed by atoms with Crippen LogP contribution in [0.25, 0.3) is 0 Å². The van der Waals surface area contributed by atoms with Gasteiger partial charge in [-0.25, -0.2) is 0 Å². The predicted octanol–water partition coefficient (Wildman–Crippen LogP) is 1.15. The molecule has 0 aliphatic rings. The molecule has 0 aliphatic heterocycles. The van der Waals surface area contributed by atoms with E-state index < -0.39 is 5.97 Å². The molecule has 17 heavy (non-hydrogen) atoms. The van der Waals surface area contributed by atoms with Gasteiger partial charge >= 0.3 is 5.97 Å². The molecule has 0 unspecified atom stereocenters. The molecule has 0 saturated heterocycles. The van der Waals surface area contributed by atoms with Crippen molar-refractivity contribution in [3.63, 3.8) is 0 Å². The van der Waals surface area contributed by atoms with Gasteiger partial charge in [0.05, 0.1) is 6.61 Å². The van der Waals surface area contributed by atoms with E-state index in [2.05, 4.69) is 10.3 Å². The number of hydrogen-bond donors (Lipinski definition) is 1. The van der Waals surface area contributed by atoms with Gasteiger partial charge in [-0.2, -0.15) is 0 Å². The minimum absolute atomic E-state index is 0.126. The number of hydrogen-bond acceptors (Lipinski definition) is 4. The number of ether oxygens (including phenoxy) is 1. The summed E-state index contributed by atoms with van der Waals surface area (Å²) in [4.78, 5) is 26.6. The fraction of sp³-hybridized carbons (Fsp3) is 0.417. The van der Waals surface area contributed by atoms with Gasteiger partial charge in [0.25, 0.3) is 5.91 Å². The molecule has 1 rings (SSSR count). The Balaban J connectivity index is 2.26. The number of nitrogens with one attached hydrogen (secondary N) is 1. The Kier molecular flexibility index (Phi) is 5.71. The maximum Gasteiger partial charge on any atom is 0.325 e. The zero-order chi connectivity index (χ0) is 12.5. The topological polar surface area (TPSA) is 68.3 Å². The monoisotopic (exact) mass is 236 g/mol. The minimum atomic E-state index is -0.428. The molecule has 1 aromatic heterocycles. The second-order valence-corrected chi connectivity index (χ2v) is 3.47. The predicted molar refractivity (Wildman–Crippen MR) is 62.4 cm³/mol. The van der Waals surface area contributed by atoms with Crippen molar-refractivity contribution in [1.29, 1.82) is 0 Å². The number of unbranched alkanes of at least 4 members (excludes halogenated alkanes) is 1. The second kappa shape index (κ2) is 7.38. The highest BCUT2D eigenvalue weighted by molar-refractivity contribution is 5.94. The average molecular weight is 236 g/mol. The van der Waals surface area contributed by atoms with Gasteiger partial charge in [0.15, 0.2) is 0 Å². The number of aromatic nitrogens is 1. The molecular weight excluding hydrogens is 220 g/mol. The van der Waals surface area contributed by atoms with E-state index in [4.69, 9.17) is 4.74 Å². The quantitative estimate of drug-likeness (QED) is 0.594. The Morgan fingerprint density at radius 1 is 1.41 bits per heavy atom. The SMILES string of the molecule is CCCCOC(=O)CNC(=O)c1ccccn1. The number of carbonyl (C=O) groups excluding carboxylic acids is 2. The molecule has 0 atom stereocenters. The summed E-state index contributed by atoms with van der Waals surface area (Å²) >= 11 is 0. The number of amides is 1. The van der Waals surface area contributed by atoms with Crippen LogP contribution < -0.4 is 5.32 Å². The third-order valence-corrected chi connectivity index (χ3v) is 2.05. The summed E-state index contributed by atoms with van der Waals surface area (Å²) in [5, 5.41) is 2.45. The highest BCUT2D eigenvalue weighted by Crippen LogP contribution is 1.93. The fourth-order valence-corrected chi connectivity index (χ4v) is 1.12. The third kappa shape index (κ3) is 5.10. The third-order valence-electron chi connectivity index (χ3n) is 2.05. The standard InChI is InChI=1S/C12H16N2O3/c1-2-3-8-17-11(15)9-14-12(16)10-6-4-5-7-13-10/h4-7H,2-3,8-9H2,1H3,(H,14,16). The van der Waals surface area contributed by atoms with Gasteiger partial charge < -0.3 is 10.1 Å². The molecule has 1 aromatic rings. The van der Waals surface area contributed by atoms with Crippen molar-refractivity contribution in [3.8, 4) is 0 Å². The van der Waals surface area contributed by atoms with E-state index in [9.17, 15) is 9.59 Å². The Morgan fingerprint density at radius 3 is 2.88 bits per heavy atom. The highest BCUT2D eigenvalue weighted by atomic mass is 16.5. The van der Waals surface area contributed by atoms with Crippen LogP contribution in [0.15, 0.2) is 24.4 Å². The van der Waals surface area contributed by atoms with Gasteiger partial charge in [-0.3, -0.25) is 14.6 Å². The zero-order valence-corrected chi connectivity index (χ0v) is 9.81. The van der Waals surface area contributed by atoms with E-state index in [-0.39, 0.29) is 18.1 Å². The van der Waals surface area contributed by atoms with Crippen LogP contribution in [0.2, 0.25) is 0 Å². The molecule has 1 heterocycles. The average Bonchev–Trinajstić information content (AvgIpc) is 2.37. The molecule has 0 spiro atoms. The van der Waals surface area contributed by atoms with Crippen LogP contribution in [0.3, 0.4) is 0 Å². The fourth-order valence-electron chi connectivity index (χ4n) is 1.12. The Bertz CT molecular complexity index is 365. The normalized spacial score (nSPS) is 9.71. The van der Waals surface area contributed by atoms with Crippen LogP contribution in [0.5, 0.6) is 0 Å². The van der Waals surface area contributed by atoms with Crippen LogP contribution in [0.1, 0.15) is 30.3 Å². The Labute approximate surface area is 100 Å². The molecule has 92 valence electrons. The highest BCUT2D eigenvalue weighted by Gasteiger charge is 2.08. The molecule has 0 aliphatic carbocycles. The van der Waals surface area contributed by atoms with Gasteiger partial charge in [-0.1, -0.05) is 19.4 Å². The number of rotatable bonds is 6. The lowest BCUT2D eigenvalue weighted by molar-refractivity contribution is -0.142. The van der Waals surface area contributed by atoms with Crippen molar-refractivity contribution < 1.29 is 14.3 Å². The zero-order valence-electron chi connectivity index (χ0n) is 9.81. The van der Waals surface area contributed by atoms with E-state index in [1.165, 1.54) is 6.20 Å². The van der Waals surface area contributed by atoms with Crippen LogP contribution >= 0.6 is 0 Å². The van der Waals surface area contributed by atoms with Crippen molar-refractivity contribution in [1.82, 2.24) is 10.3 Å². The summed E-state index contributed by atoms with van der Waals surface area (Å²) in [5.74, 6) is -0.805. The summed E-state index contributed by atoms with van der Waals surface area (Å²) in [5.41, 5.74) is 0.286. The van der Waals surface area contributed by atoms with Gasteiger partial charge in [-0.15, -0.1) is 0 Å².